The normalized spacial score (nSPS) is 11.4. The average Bonchev–Trinajstić information content (AvgIpc) is 2.61. The molecule has 0 radical (unpaired) electrons. The van der Waals surface area contributed by atoms with Gasteiger partial charge in [0.15, 0.2) is 0 Å². The van der Waals surface area contributed by atoms with Crippen molar-refractivity contribution in [2.75, 3.05) is 0 Å². The van der Waals surface area contributed by atoms with Crippen LogP contribution in [-0.4, -0.2) is 20.9 Å². The van der Waals surface area contributed by atoms with E-state index in [1.165, 1.54) is 6.07 Å². The average molecular weight is 457 g/mol. The van der Waals surface area contributed by atoms with Crippen molar-refractivity contribution in [2.45, 2.75) is 5.66 Å². The molecule has 1 heterocycles. The molecule has 6 nitrogen and oxygen atoms in total. The van der Waals surface area contributed by atoms with Gasteiger partial charge in [0.1, 0.15) is 0 Å². The monoisotopic (exact) mass is 456 g/mol. The van der Waals surface area contributed by atoms with Crippen LogP contribution in [0, 0.1) is 5.41 Å². The van der Waals surface area contributed by atoms with Crippen LogP contribution < -0.4 is 0 Å². The summed E-state index contributed by atoms with van der Waals surface area (Å²) in [5, 5.41) is 5.98. The Morgan fingerprint density at radius 1 is 1.11 bits per heavy atom. The topological polar surface area (TPSA) is 111 Å². The van der Waals surface area contributed by atoms with Gasteiger partial charge in [0.05, 0.1) is 11.2 Å². The summed E-state index contributed by atoms with van der Waals surface area (Å²) in [5.74, 6) is 0. The molecule has 0 saturated heterocycles. The van der Waals surface area contributed by atoms with Crippen molar-refractivity contribution in [1.29, 1.82) is 5.41 Å². The number of nitrogens with one attached hydrogen (secondary N) is 1. The van der Waals surface area contributed by atoms with Crippen LogP contribution in [0.3, 0.4) is 0 Å². The number of aromatic nitrogens is 1. The first kappa shape index (κ1) is 21.0. The third kappa shape index (κ3) is 4.53. The van der Waals surface area contributed by atoms with Gasteiger partial charge in [-0.05, 0) is 18.2 Å². The van der Waals surface area contributed by atoms with Gasteiger partial charge in [0.2, 0.25) is 6.08 Å². The molecule has 0 saturated carbocycles. The standard InChI is InChI=1S/C16H11BrF2NO3P.CHNO/c17-13-8-11-6-7-14(10-4-2-1-3-5-10)20-15(11)9-12(13)16(18,19)24(21,22)23;2-1-3/h1-9H,(H2,21,22,23);2H. The van der Waals surface area contributed by atoms with E-state index < -0.39 is 18.8 Å². The highest BCUT2D eigenvalue weighted by Crippen LogP contribution is 2.60. The lowest BCUT2D eigenvalue weighted by Gasteiger charge is -2.19. The second kappa shape index (κ2) is 8.17. The van der Waals surface area contributed by atoms with E-state index in [4.69, 9.17) is 20.0 Å². The third-order valence-corrected chi connectivity index (χ3v) is 5.17. The van der Waals surface area contributed by atoms with Gasteiger partial charge in [-0.1, -0.05) is 52.3 Å². The maximum absolute atomic E-state index is 14.1. The molecular weight excluding hydrogens is 445 g/mol. The van der Waals surface area contributed by atoms with Crippen molar-refractivity contribution >= 4 is 40.5 Å². The van der Waals surface area contributed by atoms with E-state index in [2.05, 4.69) is 20.9 Å². The lowest BCUT2D eigenvalue weighted by molar-refractivity contribution is 0.0558. The van der Waals surface area contributed by atoms with Gasteiger partial charge in [0, 0.05) is 21.0 Å². The van der Waals surface area contributed by atoms with E-state index in [0.29, 0.717) is 11.1 Å². The summed E-state index contributed by atoms with van der Waals surface area (Å²) in [6.07, 6.45) is 0.750. The maximum Gasteiger partial charge on any atom is 0.399 e. The van der Waals surface area contributed by atoms with E-state index in [-0.39, 0.29) is 9.99 Å². The van der Waals surface area contributed by atoms with Crippen LogP contribution in [-0.2, 0) is 15.0 Å². The SMILES string of the molecule is N=C=O.O=P(O)(O)C(F)(F)c1cc2nc(-c3ccccc3)ccc2cc1Br. The summed E-state index contributed by atoms with van der Waals surface area (Å²) in [6.45, 7) is 0. The largest absolute Gasteiger partial charge is 0.399 e. The molecule has 0 aliphatic rings. The molecule has 0 spiro atoms. The molecule has 0 fully saturated rings. The molecule has 0 atom stereocenters. The first-order valence-electron chi connectivity index (χ1n) is 7.25. The van der Waals surface area contributed by atoms with Crippen LogP contribution in [0.15, 0.2) is 59.1 Å². The lowest BCUT2D eigenvalue weighted by atomic mass is 10.1. The Bertz CT molecular complexity index is 1050. The van der Waals surface area contributed by atoms with Gasteiger partial charge < -0.3 is 9.79 Å². The quantitative estimate of drug-likeness (QED) is 0.298. The fourth-order valence-electron chi connectivity index (χ4n) is 2.30. The highest BCUT2D eigenvalue weighted by atomic mass is 79.9. The van der Waals surface area contributed by atoms with Gasteiger partial charge in [-0.25, -0.2) is 15.2 Å². The zero-order chi connectivity index (χ0) is 20.2. The van der Waals surface area contributed by atoms with Crippen molar-refractivity contribution in [2.24, 2.45) is 0 Å². The molecule has 27 heavy (non-hydrogen) atoms. The Morgan fingerprint density at radius 3 is 2.26 bits per heavy atom. The number of carbonyl (C=O) groups excluding carboxylic acids is 1. The van der Waals surface area contributed by atoms with Crippen LogP contribution in [0.1, 0.15) is 5.56 Å². The first-order valence-corrected chi connectivity index (χ1v) is 9.66. The molecule has 0 unspecified atom stereocenters. The number of nitrogens with zero attached hydrogens (tertiary/aromatic N) is 1. The molecular formula is C17H12BrF2N2O4P. The molecule has 0 aliphatic heterocycles. The molecule has 1 aromatic heterocycles. The lowest BCUT2D eigenvalue weighted by Crippen LogP contribution is -2.14. The molecule has 140 valence electrons. The predicted molar refractivity (Wildman–Crippen MR) is 99.2 cm³/mol. The Balaban J connectivity index is 0.000000817. The van der Waals surface area contributed by atoms with Crippen LogP contribution in [0.25, 0.3) is 22.2 Å². The summed E-state index contributed by atoms with van der Waals surface area (Å²) in [4.78, 5) is 30.6. The molecule has 2 aromatic carbocycles. The molecule has 0 bridgehead atoms. The van der Waals surface area contributed by atoms with Gasteiger partial charge in [-0.3, -0.25) is 4.57 Å². The van der Waals surface area contributed by atoms with E-state index in [0.717, 1.165) is 17.7 Å². The number of hydrogen-bond donors (Lipinski definition) is 3. The fourth-order valence-corrected chi connectivity index (χ4v) is 3.56. The molecule has 10 heteroatoms. The van der Waals surface area contributed by atoms with E-state index in [9.17, 15) is 13.3 Å². The highest BCUT2D eigenvalue weighted by Gasteiger charge is 2.51. The van der Waals surface area contributed by atoms with Crippen LogP contribution in [0.2, 0.25) is 0 Å². The van der Waals surface area contributed by atoms with Crippen LogP contribution >= 0.6 is 23.5 Å². The molecule has 3 N–H and O–H groups in total. The van der Waals surface area contributed by atoms with Gasteiger partial charge in [-0.15, -0.1) is 0 Å². The van der Waals surface area contributed by atoms with Crippen molar-refractivity contribution in [1.82, 2.24) is 4.98 Å². The number of rotatable bonds is 3. The third-order valence-electron chi connectivity index (χ3n) is 3.54. The molecule has 3 aromatic rings. The summed E-state index contributed by atoms with van der Waals surface area (Å²) < 4.78 is 39.2. The summed E-state index contributed by atoms with van der Waals surface area (Å²) in [7, 11) is -5.66. The van der Waals surface area contributed by atoms with Crippen LogP contribution in [0.5, 0.6) is 0 Å². The zero-order valence-electron chi connectivity index (χ0n) is 13.4. The Morgan fingerprint density at radius 2 is 1.70 bits per heavy atom. The van der Waals surface area contributed by atoms with E-state index in [1.54, 1.807) is 12.1 Å². The number of halogens is 3. The van der Waals surface area contributed by atoms with Crippen molar-refractivity contribution in [3.05, 3.63) is 64.6 Å². The Kier molecular flexibility index (Phi) is 6.36. The summed E-state index contributed by atoms with van der Waals surface area (Å²) in [6, 6.07) is 15.0. The number of alkyl halides is 2. The van der Waals surface area contributed by atoms with E-state index in [1.807, 2.05) is 30.3 Å². The van der Waals surface area contributed by atoms with Gasteiger partial charge in [-0.2, -0.15) is 8.78 Å². The second-order valence-electron chi connectivity index (χ2n) is 5.27. The number of fused-ring (bicyclic) bond motifs is 1. The number of benzene rings is 2. The van der Waals surface area contributed by atoms with Gasteiger partial charge >= 0.3 is 13.3 Å². The Hall–Kier alpha value is -2.28. The minimum absolute atomic E-state index is 0.0856. The zero-order valence-corrected chi connectivity index (χ0v) is 15.9. The summed E-state index contributed by atoms with van der Waals surface area (Å²) >= 11 is 2.96. The van der Waals surface area contributed by atoms with Crippen molar-refractivity contribution < 1.29 is 27.9 Å². The minimum Gasteiger partial charge on any atom is -0.320 e. The van der Waals surface area contributed by atoms with E-state index >= 15 is 0 Å². The Labute approximate surface area is 160 Å². The fraction of sp³-hybridized carbons (Fsp3) is 0.0588. The van der Waals surface area contributed by atoms with Crippen LogP contribution in [0.4, 0.5) is 8.78 Å². The maximum atomic E-state index is 14.1. The smallest absolute Gasteiger partial charge is 0.320 e. The number of isocyanates is 1. The molecule has 3 rings (SSSR count). The minimum atomic E-state index is -5.66. The first-order chi connectivity index (χ1) is 12.6. The molecule has 0 amide bonds. The number of pyridine rings is 1. The van der Waals surface area contributed by atoms with Crippen molar-refractivity contribution in [3.63, 3.8) is 0 Å². The second-order valence-corrected chi connectivity index (χ2v) is 7.78. The summed E-state index contributed by atoms with van der Waals surface area (Å²) in [5.41, 5.74) is -3.48. The highest BCUT2D eigenvalue weighted by molar-refractivity contribution is 9.10. The van der Waals surface area contributed by atoms with Crippen molar-refractivity contribution in [3.8, 4) is 11.3 Å². The molecule has 0 aliphatic carbocycles. The predicted octanol–water partition coefficient (Wildman–Crippen LogP) is 4.79. The number of hydrogen-bond acceptors (Lipinski definition) is 4. The van der Waals surface area contributed by atoms with Gasteiger partial charge in [0.25, 0.3) is 0 Å².